The molecule has 102 valence electrons. The van der Waals surface area contributed by atoms with Crippen molar-refractivity contribution in [2.75, 3.05) is 17.2 Å². The third-order valence-electron chi connectivity index (χ3n) is 3.84. The van der Waals surface area contributed by atoms with Crippen molar-refractivity contribution >= 4 is 17.3 Å². The molecule has 1 heterocycles. The number of carbonyl (C=O) groups excluding carboxylic acids is 1. The molecule has 4 heteroatoms. The van der Waals surface area contributed by atoms with Gasteiger partial charge in [0.2, 0.25) is 0 Å². The van der Waals surface area contributed by atoms with Gasteiger partial charge in [-0.3, -0.25) is 4.79 Å². The minimum Gasteiger partial charge on any atom is -0.508 e. The number of aromatic hydroxyl groups is 1. The summed E-state index contributed by atoms with van der Waals surface area (Å²) in [5.74, 6) is 0.0468. The molecule has 0 atom stereocenters. The van der Waals surface area contributed by atoms with Gasteiger partial charge < -0.3 is 15.7 Å². The van der Waals surface area contributed by atoms with E-state index in [9.17, 15) is 9.90 Å². The Bertz CT molecular complexity index is 695. The van der Waals surface area contributed by atoms with Crippen molar-refractivity contribution in [1.29, 1.82) is 0 Å². The maximum absolute atomic E-state index is 12.7. The van der Waals surface area contributed by atoms with Gasteiger partial charge in [-0.25, -0.2) is 0 Å². The quantitative estimate of drug-likeness (QED) is 0.781. The van der Waals surface area contributed by atoms with Gasteiger partial charge in [0.05, 0.1) is 0 Å². The van der Waals surface area contributed by atoms with Crippen molar-refractivity contribution in [1.82, 2.24) is 0 Å². The fourth-order valence-electron chi connectivity index (χ4n) is 2.67. The molecule has 1 aliphatic rings. The van der Waals surface area contributed by atoms with E-state index in [2.05, 4.69) is 0 Å². The van der Waals surface area contributed by atoms with E-state index >= 15 is 0 Å². The minimum atomic E-state index is -0.0947. The summed E-state index contributed by atoms with van der Waals surface area (Å²) in [6.07, 6.45) is 0.769. The van der Waals surface area contributed by atoms with E-state index in [-0.39, 0.29) is 11.7 Å². The fraction of sp³-hybridized carbons (Fsp3) is 0.188. The molecule has 3 rings (SSSR count). The second-order valence-electron chi connectivity index (χ2n) is 5.00. The first-order valence-corrected chi connectivity index (χ1v) is 6.57. The van der Waals surface area contributed by atoms with E-state index in [0.29, 0.717) is 17.7 Å². The van der Waals surface area contributed by atoms with E-state index in [1.165, 1.54) is 0 Å². The zero-order valence-corrected chi connectivity index (χ0v) is 11.3. The summed E-state index contributed by atoms with van der Waals surface area (Å²) >= 11 is 0. The van der Waals surface area contributed by atoms with Gasteiger partial charge >= 0.3 is 0 Å². The Morgan fingerprint density at radius 2 is 2.00 bits per heavy atom. The van der Waals surface area contributed by atoms with E-state index in [4.69, 9.17) is 5.73 Å². The number of rotatable bonds is 1. The lowest BCUT2D eigenvalue weighted by Gasteiger charge is -2.19. The number of hydrogen-bond donors (Lipinski definition) is 2. The Labute approximate surface area is 117 Å². The van der Waals surface area contributed by atoms with Crippen LogP contribution in [0.25, 0.3) is 0 Å². The van der Waals surface area contributed by atoms with Crippen molar-refractivity contribution in [3.63, 3.8) is 0 Å². The largest absolute Gasteiger partial charge is 0.508 e. The second-order valence-corrected chi connectivity index (χ2v) is 5.00. The summed E-state index contributed by atoms with van der Waals surface area (Å²) in [6.45, 7) is 2.37. The van der Waals surface area contributed by atoms with Crippen LogP contribution in [0, 0.1) is 6.92 Å². The van der Waals surface area contributed by atoms with Gasteiger partial charge in [0.25, 0.3) is 5.91 Å². The zero-order chi connectivity index (χ0) is 14.3. The maximum atomic E-state index is 12.7. The third kappa shape index (κ3) is 1.81. The Hall–Kier alpha value is -2.49. The number of fused-ring (bicyclic) bond motifs is 1. The van der Waals surface area contributed by atoms with Crippen LogP contribution in [0.5, 0.6) is 5.75 Å². The molecule has 2 aromatic carbocycles. The molecule has 0 fully saturated rings. The molecule has 20 heavy (non-hydrogen) atoms. The number of hydrogen-bond acceptors (Lipinski definition) is 3. The summed E-state index contributed by atoms with van der Waals surface area (Å²) in [7, 11) is 0. The molecule has 2 aromatic rings. The fourth-order valence-corrected chi connectivity index (χ4v) is 2.67. The number of nitrogens with zero attached hydrogens (tertiary/aromatic N) is 1. The molecule has 0 aliphatic carbocycles. The summed E-state index contributed by atoms with van der Waals surface area (Å²) < 4.78 is 0. The first-order valence-electron chi connectivity index (χ1n) is 6.57. The van der Waals surface area contributed by atoms with Crippen molar-refractivity contribution in [3.05, 3.63) is 53.1 Å². The summed E-state index contributed by atoms with van der Waals surface area (Å²) in [6, 6.07) is 10.6. The molecule has 3 N–H and O–H groups in total. The van der Waals surface area contributed by atoms with Gasteiger partial charge in [-0.1, -0.05) is 12.1 Å². The standard InChI is InChI=1S/C16H16N2O2/c1-10-11(4-2-7-15(10)19)16(20)18-9-8-12-13(17)5-3-6-14(12)18/h2-7,19H,8-9,17H2,1H3. The highest BCUT2D eigenvalue weighted by Gasteiger charge is 2.27. The minimum absolute atomic E-state index is 0.0947. The lowest BCUT2D eigenvalue weighted by atomic mass is 10.1. The molecule has 0 saturated carbocycles. The van der Waals surface area contributed by atoms with Crippen LogP contribution in [0.4, 0.5) is 11.4 Å². The van der Waals surface area contributed by atoms with E-state index < -0.39 is 0 Å². The smallest absolute Gasteiger partial charge is 0.258 e. The van der Waals surface area contributed by atoms with Gasteiger partial charge in [-0.15, -0.1) is 0 Å². The first-order chi connectivity index (χ1) is 9.59. The molecule has 0 spiro atoms. The van der Waals surface area contributed by atoms with Crippen LogP contribution < -0.4 is 10.6 Å². The van der Waals surface area contributed by atoms with Gasteiger partial charge in [0.15, 0.2) is 0 Å². The summed E-state index contributed by atoms with van der Waals surface area (Å²) in [5.41, 5.74) is 9.71. The second kappa shape index (κ2) is 4.56. The van der Waals surface area contributed by atoms with Crippen LogP contribution in [0.1, 0.15) is 21.5 Å². The van der Waals surface area contributed by atoms with Gasteiger partial charge in [-0.05, 0) is 37.6 Å². The Balaban J connectivity index is 2.02. The Morgan fingerprint density at radius 1 is 1.25 bits per heavy atom. The molecular weight excluding hydrogens is 252 g/mol. The topological polar surface area (TPSA) is 66.6 Å². The molecule has 0 radical (unpaired) electrons. The highest BCUT2D eigenvalue weighted by atomic mass is 16.3. The highest BCUT2D eigenvalue weighted by molar-refractivity contribution is 6.08. The number of phenols is 1. The normalized spacial score (nSPS) is 13.3. The van der Waals surface area contributed by atoms with Crippen molar-refractivity contribution in [2.24, 2.45) is 0 Å². The summed E-state index contributed by atoms with van der Waals surface area (Å²) in [4.78, 5) is 14.4. The lowest BCUT2D eigenvalue weighted by Crippen LogP contribution is -2.29. The van der Waals surface area contributed by atoms with E-state index in [0.717, 1.165) is 23.4 Å². The average Bonchev–Trinajstić information content (AvgIpc) is 2.86. The molecule has 0 aromatic heterocycles. The molecule has 1 amide bonds. The number of nitrogen functional groups attached to an aromatic ring is 1. The lowest BCUT2D eigenvalue weighted by molar-refractivity contribution is 0.0988. The predicted octanol–water partition coefficient (Wildman–Crippen LogP) is 2.49. The highest BCUT2D eigenvalue weighted by Crippen LogP contribution is 2.34. The number of carbonyl (C=O) groups is 1. The molecule has 0 saturated heterocycles. The van der Waals surface area contributed by atoms with E-state index in [1.54, 1.807) is 30.0 Å². The maximum Gasteiger partial charge on any atom is 0.258 e. The monoisotopic (exact) mass is 268 g/mol. The van der Waals surface area contributed by atoms with Crippen LogP contribution >= 0.6 is 0 Å². The van der Waals surface area contributed by atoms with Crippen LogP contribution in [-0.2, 0) is 6.42 Å². The van der Waals surface area contributed by atoms with Gasteiger partial charge in [0, 0.05) is 34.6 Å². The number of nitrogens with two attached hydrogens (primary N) is 1. The van der Waals surface area contributed by atoms with Crippen molar-refractivity contribution in [3.8, 4) is 5.75 Å². The number of amides is 1. The number of phenolic OH excluding ortho intramolecular Hbond substituents is 1. The van der Waals surface area contributed by atoms with Gasteiger partial charge in [-0.2, -0.15) is 0 Å². The third-order valence-corrected chi connectivity index (χ3v) is 3.84. The number of benzene rings is 2. The van der Waals surface area contributed by atoms with Gasteiger partial charge in [0.1, 0.15) is 5.75 Å². The average molecular weight is 268 g/mol. The zero-order valence-electron chi connectivity index (χ0n) is 11.3. The van der Waals surface area contributed by atoms with Crippen LogP contribution in [0.3, 0.4) is 0 Å². The van der Waals surface area contributed by atoms with Crippen LogP contribution in [0.15, 0.2) is 36.4 Å². The SMILES string of the molecule is Cc1c(O)cccc1C(=O)N1CCc2c(N)cccc21. The van der Waals surface area contributed by atoms with Crippen LogP contribution in [0.2, 0.25) is 0 Å². The van der Waals surface area contributed by atoms with Crippen LogP contribution in [-0.4, -0.2) is 17.6 Å². The molecular formula is C16H16N2O2. The van der Waals surface area contributed by atoms with E-state index in [1.807, 2.05) is 18.2 Å². The Morgan fingerprint density at radius 3 is 2.80 bits per heavy atom. The number of anilines is 2. The van der Waals surface area contributed by atoms with Crippen molar-refractivity contribution < 1.29 is 9.90 Å². The molecule has 1 aliphatic heterocycles. The summed E-state index contributed by atoms with van der Waals surface area (Å²) in [5, 5.41) is 9.74. The molecule has 0 bridgehead atoms. The Kier molecular flexibility index (Phi) is 2.86. The first kappa shape index (κ1) is 12.5. The predicted molar refractivity (Wildman–Crippen MR) is 79.1 cm³/mol. The molecule has 0 unspecified atom stereocenters. The molecule has 4 nitrogen and oxygen atoms in total. The van der Waals surface area contributed by atoms with Crippen molar-refractivity contribution in [2.45, 2.75) is 13.3 Å².